The minimum absolute atomic E-state index is 0.0545. The molecule has 0 aromatic heterocycles. The van der Waals surface area contributed by atoms with Crippen molar-refractivity contribution in [1.29, 1.82) is 0 Å². The summed E-state index contributed by atoms with van der Waals surface area (Å²) in [6, 6.07) is 7.18. The van der Waals surface area contributed by atoms with Crippen molar-refractivity contribution in [1.82, 2.24) is 10.2 Å². The Kier molecular flexibility index (Phi) is 4.81. The predicted octanol–water partition coefficient (Wildman–Crippen LogP) is 0.979. The fraction of sp³-hybridized carbons (Fsp3) is 0.333. The van der Waals surface area contributed by atoms with Crippen LogP contribution in [0.25, 0.3) is 5.57 Å². The molecule has 3 amide bonds. The topological polar surface area (TPSA) is 84.7 Å². The van der Waals surface area contributed by atoms with Crippen molar-refractivity contribution in [2.24, 2.45) is 5.73 Å². The molecule has 0 atom stereocenters. The van der Waals surface area contributed by atoms with E-state index in [1.54, 1.807) is 12.0 Å². The van der Waals surface area contributed by atoms with Gasteiger partial charge in [0.1, 0.15) is 5.75 Å². The first-order chi connectivity index (χ1) is 10.1. The Bertz CT molecular complexity index is 552. The summed E-state index contributed by atoms with van der Waals surface area (Å²) < 4.78 is 5.13. The number of nitrogens with one attached hydrogen (secondary N) is 1. The number of ether oxygens (including phenoxy) is 1. The zero-order chi connectivity index (χ0) is 15.2. The van der Waals surface area contributed by atoms with Gasteiger partial charge in [-0.25, -0.2) is 4.79 Å². The number of carbonyl (C=O) groups is 2. The molecule has 1 aliphatic rings. The molecule has 1 aromatic rings. The van der Waals surface area contributed by atoms with E-state index in [9.17, 15) is 9.59 Å². The average molecular weight is 289 g/mol. The van der Waals surface area contributed by atoms with Crippen LogP contribution in [0.5, 0.6) is 5.75 Å². The first-order valence-corrected chi connectivity index (χ1v) is 6.74. The molecule has 21 heavy (non-hydrogen) atoms. The van der Waals surface area contributed by atoms with Crippen LogP contribution in [0.2, 0.25) is 0 Å². The Balaban J connectivity index is 1.94. The molecule has 6 nitrogen and oxygen atoms in total. The monoisotopic (exact) mass is 289 g/mol. The van der Waals surface area contributed by atoms with Gasteiger partial charge in [0.2, 0.25) is 5.91 Å². The van der Waals surface area contributed by atoms with Gasteiger partial charge < -0.3 is 20.7 Å². The predicted molar refractivity (Wildman–Crippen MR) is 79.8 cm³/mol. The molecule has 0 radical (unpaired) electrons. The number of urea groups is 1. The van der Waals surface area contributed by atoms with Gasteiger partial charge in [-0.3, -0.25) is 4.79 Å². The van der Waals surface area contributed by atoms with Crippen LogP contribution >= 0.6 is 0 Å². The highest BCUT2D eigenvalue weighted by Gasteiger charge is 2.17. The Labute approximate surface area is 123 Å². The van der Waals surface area contributed by atoms with Gasteiger partial charge in [-0.2, -0.15) is 0 Å². The molecule has 112 valence electrons. The summed E-state index contributed by atoms with van der Waals surface area (Å²) in [5.74, 6) is 0.698. The van der Waals surface area contributed by atoms with E-state index in [0.29, 0.717) is 13.1 Å². The molecule has 1 aliphatic heterocycles. The zero-order valence-corrected chi connectivity index (χ0v) is 12.0. The number of benzene rings is 1. The van der Waals surface area contributed by atoms with E-state index in [0.717, 1.165) is 17.7 Å². The number of rotatable bonds is 4. The summed E-state index contributed by atoms with van der Waals surface area (Å²) in [7, 11) is 1.64. The molecule has 6 heteroatoms. The Morgan fingerprint density at radius 1 is 1.33 bits per heavy atom. The summed E-state index contributed by atoms with van der Waals surface area (Å²) >= 11 is 0. The van der Waals surface area contributed by atoms with Gasteiger partial charge >= 0.3 is 6.03 Å². The Hall–Kier alpha value is -2.50. The van der Waals surface area contributed by atoms with Crippen molar-refractivity contribution < 1.29 is 14.3 Å². The van der Waals surface area contributed by atoms with Gasteiger partial charge in [0.15, 0.2) is 0 Å². The van der Waals surface area contributed by atoms with E-state index in [2.05, 4.69) is 5.32 Å². The van der Waals surface area contributed by atoms with Crippen LogP contribution in [0.3, 0.4) is 0 Å². The third-order valence-corrected chi connectivity index (χ3v) is 3.44. The molecule has 0 aliphatic carbocycles. The first kappa shape index (κ1) is 14.9. The zero-order valence-electron chi connectivity index (χ0n) is 12.0. The summed E-state index contributed by atoms with van der Waals surface area (Å²) in [5.41, 5.74) is 7.30. The van der Waals surface area contributed by atoms with Crippen LogP contribution in [0.1, 0.15) is 12.0 Å². The van der Waals surface area contributed by atoms with Crippen molar-refractivity contribution in [2.45, 2.75) is 6.42 Å². The van der Waals surface area contributed by atoms with Crippen molar-refractivity contribution in [3.05, 3.63) is 35.9 Å². The van der Waals surface area contributed by atoms with Gasteiger partial charge in [-0.05, 0) is 29.7 Å². The number of nitrogens with two attached hydrogens (primary N) is 1. The molecule has 3 N–H and O–H groups in total. The number of methoxy groups -OCH3 is 1. The highest BCUT2D eigenvalue weighted by atomic mass is 16.5. The molecule has 0 saturated heterocycles. The number of primary amides is 1. The van der Waals surface area contributed by atoms with Gasteiger partial charge in [-0.1, -0.05) is 18.2 Å². The second kappa shape index (κ2) is 6.78. The molecule has 0 spiro atoms. The summed E-state index contributed by atoms with van der Waals surface area (Å²) in [6.07, 6.45) is 2.82. The number of amides is 3. The Morgan fingerprint density at radius 3 is 2.57 bits per heavy atom. The van der Waals surface area contributed by atoms with Crippen LogP contribution < -0.4 is 15.8 Å². The lowest BCUT2D eigenvalue weighted by atomic mass is 9.99. The molecule has 0 unspecified atom stereocenters. The van der Waals surface area contributed by atoms with Crippen molar-refractivity contribution in [2.75, 3.05) is 26.7 Å². The molecule has 1 aromatic carbocycles. The highest BCUT2D eigenvalue weighted by molar-refractivity contribution is 5.84. The van der Waals surface area contributed by atoms with E-state index >= 15 is 0 Å². The smallest absolute Gasteiger partial charge is 0.312 e. The summed E-state index contributed by atoms with van der Waals surface area (Å²) in [4.78, 5) is 24.1. The van der Waals surface area contributed by atoms with Gasteiger partial charge in [0.05, 0.1) is 13.7 Å². The number of hydrogen-bond donors (Lipinski definition) is 2. The van der Waals surface area contributed by atoms with Gasteiger partial charge in [0, 0.05) is 13.1 Å². The second-order valence-electron chi connectivity index (χ2n) is 4.77. The van der Waals surface area contributed by atoms with Crippen molar-refractivity contribution in [3.8, 4) is 5.75 Å². The normalized spacial score (nSPS) is 14.3. The number of carbonyl (C=O) groups excluding carboxylic acids is 2. The minimum atomic E-state index is -0.685. The van der Waals surface area contributed by atoms with E-state index < -0.39 is 6.03 Å². The van der Waals surface area contributed by atoms with Crippen LogP contribution in [0.4, 0.5) is 4.79 Å². The van der Waals surface area contributed by atoms with E-state index in [1.165, 1.54) is 5.57 Å². The number of hydrogen-bond acceptors (Lipinski definition) is 3. The molecular formula is C15H19N3O3. The fourth-order valence-corrected chi connectivity index (χ4v) is 2.24. The van der Waals surface area contributed by atoms with Crippen LogP contribution in [-0.2, 0) is 4.79 Å². The second-order valence-corrected chi connectivity index (χ2v) is 4.77. The lowest BCUT2D eigenvalue weighted by Crippen LogP contribution is -2.43. The largest absolute Gasteiger partial charge is 0.497 e. The standard InChI is InChI=1S/C15H19N3O3/c1-21-13-4-2-11(3-5-13)12-6-8-18(9-7-12)14(19)10-17-15(16)20/h2-6H,7-10H2,1H3,(H3,16,17,20). The van der Waals surface area contributed by atoms with Crippen LogP contribution in [-0.4, -0.2) is 43.6 Å². The van der Waals surface area contributed by atoms with Crippen LogP contribution in [0, 0.1) is 0 Å². The summed E-state index contributed by atoms with van der Waals surface area (Å²) in [5, 5.41) is 2.31. The maximum atomic E-state index is 11.8. The fourth-order valence-electron chi connectivity index (χ4n) is 2.24. The van der Waals surface area contributed by atoms with Crippen molar-refractivity contribution in [3.63, 3.8) is 0 Å². The molecule has 2 rings (SSSR count). The molecular weight excluding hydrogens is 270 g/mol. The maximum absolute atomic E-state index is 11.8. The van der Waals surface area contributed by atoms with E-state index in [-0.39, 0.29) is 12.5 Å². The molecule has 0 fully saturated rings. The quantitative estimate of drug-likeness (QED) is 0.866. The van der Waals surface area contributed by atoms with Crippen LogP contribution in [0.15, 0.2) is 30.3 Å². The third-order valence-electron chi connectivity index (χ3n) is 3.44. The first-order valence-electron chi connectivity index (χ1n) is 6.74. The van der Waals surface area contributed by atoms with Gasteiger partial charge in [0.25, 0.3) is 0 Å². The third kappa shape index (κ3) is 3.98. The lowest BCUT2D eigenvalue weighted by molar-refractivity contribution is -0.129. The Morgan fingerprint density at radius 2 is 2.05 bits per heavy atom. The maximum Gasteiger partial charge on any atom is 0.312 e. The molecule has 0 bridgehead atoms. The van der Waals surface area contributed by atoms with E-state index in [4.69, 9.17) is 10.5 Å². The average Bonchev–Trinajstić information content (AvgIpc) is 2.53. The van der Waals surface area contributed by atoms with Gasteiger partial charge in [-0.15, -0.1) is 0 Å². The number of nitrogens with zero attached hydrogens (tertiary/aromatic N) is 1. The molecule has 1 heterocycles. The lowest BCUT2D eigenvalue weighted by Gasteiger charge is -2.26. The molecule has 0 saturated carbocycles. The SMILES string of the molecule is COc1ccc(C2=CCN(C(=O)CNC(N)=O)CC2)cc1. The summed E-state index contributed by atoms with van der Waals surface area (Å²) in [6.45, 7) is 1.12. The van der Waals surface area contributed by atoms with Crippen molar-refractivity contribution >= 4 is 17.5 Å². The highest BCUT2D eigenvalue weighted by Crippen LogP contribution is 2.24. The van der Waals surface area contributed by atoms with E-state index in [1.807, 2.05) is 30.3 Å². The minimum Gasteiger partial charge on any atom is -0.497 e.